The number of hydrogen-bond donors (Lipinski definition) is 2. The summed E-state index contributed by atoms with van der Waals surface area (Å²) < 4.78 is 41.2. The Hall–Kier alpha value is -0.276. The van der Waals surface area contributed by atoms with Crippen molar-refractivity contribution >= 4 is 51.0 Å². The van der Waals surface area contributed by atoms with Gasteiger partial charge in [-0.05, 0) is 71.6 Å². The summed E-state index contributed by atoms with van der Waals surface area (Å²) in [4.78, 5) is 47.8. The molecule has 0 unspecified atom stereocenters. The van der Waals surface area contributed by atoms with Crippen LogP contribution in [0.2, 0.25) is 38.8 Å². The zero-order valence-electron chi connectivity index (χ0n) is 24.6. The molecule has 0 saturated carbocycles. The molecular weight excluding hydrogens is 613 g/mol. The van der Waals surface area contributed by atoms with Crippen molar-refractivity contribution in [2.75, 3.05) is 46.6 Å². The average molecular weight is 681 g/mol. The lowest BCUT2D eigenvalue weighted by Crippen LogP contribution is -2.42. The summed E-state index contributed by atoms with van der Waals surface area (Å²) in [5, 5.41) is 0. The Kier molecular flexibility index (Phi) is 58.9. The van der Waals surface area contributed by atoms with Crippen LogP contribution in [0.1, 0.15) is 56.9 Å². The van der Waals surface area contributed by atoms with Gasteiger partial charge in [0.1, 0.15) is 0 Å². The van der Waals surface area contributed by atoms with Gasteiger partial charge in [-0.15, -0.1) is 0 Å². The maximum atomic E-state index is 10.6. The fourth-order valence-electron chi connectivity index (χ4n) is 1.83. The molecule has 0 radical (unpaired) electrons. The van der Waals surface area contributed by atoms with E-state index in [1.807, 2.05) is 6.92 Å². The number of hydrogen-bond acceptors (Lipinski definition) is 9. The van der Waals surface area contributed by atoms with Crippen LogP contribution in [0.5, 0.6) is 0 Å². The predicted molar refractivity (Wildman–Crippen MR) is 178 cm³/mol. The fourth-order valence-corrected chi connectivity index (χ4v) is 10.8. The summed E-state index contributed by atoms with van der Waals surface area (Å²) in [6.45, 7) is 27.8. The summed E-state index contributed by atoms with van der Waals surface area (Å²) in [7, 11) is -10.1. The van der Waals surface area contributed by atoms with E-state index in [9.17, 15) is 13.7 Å². The minimum Gasteiger partial charge on any atom is -0.456 e. The van der Waals surface area contributed by atoms with E-state index < -0.39 is 38.7 Å². The SMILES string of the molecule is C.C.C.C.CC(C)CC[Si](C)(C)O[Si](C)(C)C.CCOP(C)(C)=O.CP(=O)(O)O.CP(C)(C)=O.O=C=O.O=C=O. The summed E-state index contributed by atoms with van der Waals surface area (Å²) in [6.07, 6.45) is 1.82. The minimum atomic E-state index is -3.64. The minimum absolute atomic E-state index is 0. The number of rotatable bonds is 7. The Morgan fingerprint density at radius 3 is 1.05 bits per heavy atom. The Labute approximate surface area is 250 Å². The molecule has 11 nitrogen and oxygen atoms in total. The van der Waals surface area contributed by atoms with Crippen molar-refractivity contribution < 1.29 is 51.3 Å². The molecule has 0 aromatic rings. The van der Waals surface area contributed by atoms with Gasteiger partial charge in [-0.1, -0.05) is 50.0 Å². The lowest BCUT2D eigenvalue weighted by atomic mass is 10.2. The third kappa shape index (κ3) is 206. The van der Waals surface area contributed by atoms with Gasteiger partial charge < -0.3 is 23.0 Å². The van der Waals surface area contributed by atoms with Crippen molar-refractivity contribution in [3.63, 3.8) is 0 Å². The molecule has 40 heavy (non-hydrogen) atoms. The first-order valence-electron chi connectivity index (χ1n) is 11.0. The van der Waals surface area contributed by atoms with Crippen LogP contribution < -0.4 is 0 Å². The Bertz CT molecular complexity index is 676. The maximum Gasteiger partial charge on any atom is 0.373 e. The van der Waals surface area contributed by atoms with Gasteiger partial charge in [0.05, 0.1) is 13.7 Å². The summed E-state index contributed by atoms with van der Waals surface area (Å²) >= 11 is 0. The van der Waals surface area contributed by atoms with Gasteiger partial charge in [-0.2, -0.15) is 19.2 Å². The highest BCUT2D eigenvalue weighted by Crippen LogP contribution is 2.36. The molecule has 0 amide bonds. The first-order valence-corrected chi connectivity index (χ1v) is 25.1. The standard InChI is InChI=1S/C10H26OSi2.C4H11O2P.C3H9OP.CH5O3P.2CO2.4CH4/c1-10(2)8-9-13(6,7)11-12(3,4)5;1-4-6-7(2,3)5;2*1-5(2,3)4;2*2-1-3;;;;/h10H,8-9H2,1-7H3;4H2,1-3H3;1-3H3;1H3,(H2,2,3,4);;;4*1H4. The molecule has 0 aliphatic heterocycles. The second-order valence-corrected chi connectivity index (χ2v) is 27.7. The summed E-state index contributed by atoms with van der Waals surface area (Å²) in [5.74, 6) is 0.817. The molecule has 0 aromatic heterocycles. The van der Waals surface area contributed by atoms with E-state index in [-0.39, 0.29) is 42.0 Å². The van der Waals surface area contributed by atoms with Crippen molar-refractivity contribution in [2.45, 2.75) is 95.7 Å². The van der Waals surface area contributed by atoms with Gasteiger partial charge in [0.25, 0.3) is 0 Å². The van der Waals surface area contributed by atoms with E-state index in [1.165, 1.54) is 12.5 Å². The molecule has 0 saturated heterocycles. The summed E-state index contributed by atoms with van der Waals surface area (Å²) in [5.41, 5.74) is 0. The first kappa shape index (κ1) is 67.4. The molecular formula is C24H67O11P3Si2. The quantitative estimate of drug-likeness (QED) is 0.196. The third-order valence-electron chi connectivity index (χ3n) is 2.35. The summed E-state index contributed by atoms with van der Waals surface area (Å²) in [6, 6.07) is 1.31. The van der Waals surface area contributed by atoms with Crippen LogP contribution in [0, 0.1) is 5.92 Å². The van der Waals surface area contributed by atoms with E-state index in [2.05, 4.69) is 46.6 Å². The molecule has 0 spiro atoms. The normalized spacial score (nSPS) is 9.93. The molecule has 0 aliphatic carbocycles. The smallest absolute Gasteiger partial charge is 0.373 e. The van der Waals surface area contributed by atoms with Crippen molar-refractivity contribution in [3.05, 3.63) is 0 Å². The zero-order chi connectivity index (χ0) is 31.0. The van der Waals surface area contributed by atoms with Gasteiger partial charge in [0.15, 0.2) is 24.0 Å². The fraction of sp³-hybridized carbons (Fsp3) is 0.917. The Morgan fingerprint density at radius 1 is 0.725 bits per heavy atom. The molecule has 0 heterocycles. The first-order chi connectivity index (χ1) is 15.5. The average Bonchev–Trinajstić information content (AvgIpc) is 2.48. The van der Waals surface area contributed by atoms with Gasteiger partial charge in [-0.25, -0.2) is 0 Å². The van der Waals surface area contributed by atoms with Gasteiger partial charge in [-0.3, -0.25) is 9.13 Å². The van der Waals surface area contributed by atoms with Crippen molar-refractivity contribution in [3.8, 4) is 0 Å². The molecule has 0 aromatic carbocycles. The highest BCUT2D eigenvalue weighted by Gasteiger charge is 2.29. The third-order valence-corrected chi connectivity index (χ3v) is 9.38. The lowest BCUT2D eigenvalue weighted by molar-refractivity contribution is -0.193. The lowest BCUT2D eigenvalue weighted by Gasteiger charge is -2.32. The van der Waals surface area contributed by atoms with Crippen molar-refractivity contribution in [1.29, 1.82) is 0 Å². The highest BCUT2D eigenvalue weighted by molar-refractivity contribution is 7.61. The van der Waals surface area contributed by atoms with Crippen LogP contribution in [0.15, 0.2) is 0 Å². The number of carbonyl (C=O) groups excluding carboxylic acids is 4. The molecule has 0 bridgehead atoms. The highest BCUT2D eigenvalue weighted by atomic mass is 31.2. The monoisotopic (exact) mass is 680 g/mol. The van der Waals surface area contributed by atoms with Crippen LogP contribution in [0.4, 0.5) is 0 Å². The topological polar surface area (TPSA) is 178 Å². The molecule has 0 rings (SSSR count). The molecule has 16 heteroatoms. The van der Waals surface area contributed by atoms with E-state index in [0.717, 1.165) is 12.6 Å². The van der Waals surface area contributed by atoms with Gasteiger partial charge in [0.2, 0.25) is 0 Å². The van der Waals surface area contributed by atoms with Gasteiger partial charge >= 0.3 is 19.9 Å². The van der Waals surface area contributed by atoms with Crippen LogP contribution in [0.25, 0.3) is 0 Å². The second kappa shape index (κ2) is 34.9. The molecule has 0 fully saturated rings. The maximum absolute atomic E-state index is 10.6. The van der Waals surface area contributed by atoms with Gasteiger partial charge in [0, 0.05) is 20.0 Å². The predicted octanol–water partition coefficient (Wildman–Crippen LogP) is 8.06. The van der Waals surface area contributed by atoms with E-state index in [4.69, 9.17) is 37.6 Å². The van der Waals surface area contributed by atoms with E-state index in [0.29, 0.717) is 6.61 Å². The molecule has 252 valence electrons. The largest absolute Gasteiger partial charge is 0.456 e. The van der Waals surface area contributed by atoms with E-state index in [1.54, 1.807) is 33.3 Å². The van der Waals surface area contributed by atoms with Crippen LogP contribution >= 0.6 is 22.1 Å². The second-order valence-electron chi connectivity index (χ2n) is 10.5. The molecule has 0 aliphatic rings. The van der Waals surface area contributed by atoms with Crippen LogP contribution in [-0.2, 0) is 41.5 Å². The zero-order valence-corrected chi connectivity index (χ0v) is 29.3. The Morgan fingerprint density at radius 2 is 0.950 bits per heavy atom. The molecule has 0 atom stereocenters. The van der Waals surface area contributed by atoms with Crippen molar-refractivity contribution in [1.82, 2.24) is 0 Å². The molecule has 2 N–H and O–H groups in total. The van der Waals surface area contributed by atoms with E-state index >= 15 is 0 Å². The van der Waals surface area contributed by atoms with Crippen LogP contribution in [-0.4, -0.2) is 85.3 Å². The Balaban J connectivity index is -0.0000000361. The van der Waals surface area contributed by atoms with Crippen LogP contribution in [0.3, 0.4) is 0 Å². The van der Waals surface area contributed by atoms with Crippen molar-refractivity contribution in [2.24, 2.45) is 5.92 Å².